The van der Waals surface area contributed by atoms with E-state index in [0.29, 0.717) is 13.1 Å². The maximum atomic E-state index is 6.91. The molecule has 0 aromatic rings. The second-order valence-corrected chi connectivity index (χ2v) is 5.91. The predicted molar refractivity (Wildman–Crippen MR) is 74.9 cm³/mol. The Morgan fingerprint density at radius 1 is 1.00 bits per heavy atom. The predicted octanol–water partition coefficient (Wildman–Crippen LogP) is 1.75. The summed E-state index contributed by atoms with van der Waals surface area (Å²) >= 11 is 0. The number of nitrogens with one attached hydrogen (secondary N) is 1. The maximum Gasteiger partial charge on any atom is 0.500 e. The van der Waals surface area contributed by atoms with Crippen LogP contribution >= 0.6 is 0 Å². The van der Waals surface area contributed by atoms with Gasteiger partial charge in [-0.3, -0.25) is 0 Å². The molecule has 0 saturated heterocycles. The van der Waals surface area contributed by atoms with Crippen LogP contribution in [0, 0.1) is 14.9 Å². The zero-order chi connectivity index (χ0) is 10.9. The van der Waals surface area contributed by atoms with Crippen LogP contribution in [-0.4, -0.2) is 55.2 Å². The van der Waals surface area contributed by atoms with Crippen molar-refractivity contribution in [3.05, 3.63) is 25.9 Å². The molecule has 0 heterocycles. The monoisotopic (exact) mass is 371 g/mol. The molecule has 0 bridgehead atoms. The Hall–Kier alpha value is 0.600. The third-order valence-corrected chi connectivity index (χ3v) is 4.83. The van der Waals surface area contributed by atoms with Crippen molar-refractivity contribution in [2.24, 2.45) is 0 Å². The van der Waals surface area contributed by atoms with Crippen molar-refractivity contribution in [3.63, 3.8) is 0 Å². The molecule has 0 amide bonds. The van der Waals surface area contributed by atoms with Crippen LogP contribution in [0.4, 0.5) is 0 Å². The third kappa shape index (κ3) is 13.0. The van der Waals surface area contributed by atoms with Crippen LogP contribution in [0.2, 0.25) is 6.04 Å². The van der Waals surface area contributed by atoms with E-state index >= 15 is 0 Å². The molecule has 0 fully saturated rings. The van der Waals surface area contributed by atoms with Gasteiger partial charge < -0.3 is 44.7 Å². The van der Waals surface area contributed by atoms with E-state index in [9.17, 15) is 0 Å². The summed E-state index contributed by atoms with van der Waals surface area (Å²) in [5.74, 6) is 0. The number of nitrogens with zero attached hydrogens (tertiary/aromatic N) is 1. The first-order valence-corrected chi connectivity index (χ1v) is 6.61. The summed E-state index contributed by atoms with van der Waals surface area (Å²) in [6, 6.07) is 0.776. The molecule has 0 aliphatic carbocycles. The molecule has 8 heteroatoms. The van der Waals surface area contributed by atoms with Gasteiger partial charge in [-0.15, -0.1) is 6.54 Å². The molecule has 119 valence electrons. The first kappa shape index (κ1) is 31.2. The second-order valence-electron chi connectivity index (χ2n) is 2.82. The van der Waals surface area contributed by atoms with E-state index in [-0.39, 0.29) is 39.8 Å². The quantitative estimate of drug-likeness (QED) is 0.351. The SMILES string of the molecule is CO[Si](CCC[N-]CC[NH-])(OC)OC.O.[CH3-].[CH3-].[Rh]. The standard InChI is InChI=1S/C8H20N2O3Si.2CH3.H2O.Rh/c1-11-14(12-2,13-3)8-4-6-10-7-5-9;;;;/h9H,4-8H2,1-3H3;2*1H3;1H2;/q-2;2*-1;;. The van der Waals surface area contributed by atoms with Crippen LogP contribution in [0.5, 0.6) is 0 Å². The summed E-state index contributed by atoms with van der Waals surface area (Å²) in [5, 5.41) is 4.16. The van der Waals surface area contributed by atoms with Gasteiger partial charge in [-0.1, -0.05) is 6.42 Å². The molecule has 6 nitrogen and oxygen atoms in total. The van der Waals surface area contributed by atoms with Crippen molar-refractivity contribution in [3.8, 4) is 0 Å². The number of hydrogen-bond acceptors (Lipinski definition) is 3. The zero-order valence-electron chi connectivity index (χ0n) is 12.0. The summed E-state index contributed by atoms with van der Waals surface area (Å²) in [5.41, 5.74) is 6.91. The molecule has 0 aliphatic rings. The Morgan fingerprint density at radius 3 is 1.78 bits per heavy atom. The van der Waals surface area contributed by atoms with Crippen LogP contribution in [0.1, 0.15) is 6.42 Å². The number of rotatable bonds is 9. The molecule has 0 unspecified atom stereocenters. The average molecular weight is 371 g/mol. The summed E-state index contributed by atoms with van der Waals surface area (Å²) in [4.78, 5) is 0. The minimum atomic E-state index is -2.38. The van der Waals surface area contributed by atoms with Crippen molar-refractivity contribution in [1.29, 1.82) is 0 Å². The number of hydrogen-bond donors (Lipinski definition) is 0. The van der Waals surface area contributed by atoms with Gasteiger partial charge in [-0.05, 0) is 0 Å². The van der Waals surface area contributed by atoms with Gasteiger partial charge in [-0.2, -0.15) is 13.1 Å². The first-order chi connectivity index (χ1) is 6.74. The van der Waals surface area contributed by atoms with Crippen LogP contribution in [0.15, 0.2) is 0 Å². The maximum absolute atomic E-state index is 6.91. The van der Waals surface area contributed by atoms with E-state index in [1.54, 1.807) is 21.3 Å². The van der Waals surface area contributed by atoms with Crippen molar-refractivity contribution in [1.82, 2.24) is 0 Å². The van der Waals surface area contributed by atoms with Gasteiger partial charge in [0.25, 0.3) is 0 Å². The normalized spacial score (nSPS) is 9.33. The molecule has 0 aromatic heterocycles. The Morgan fingerprint density at radius 2 is 1.44 bits per heavy atom. The molecular weight excluding hydrogens is 343 g/mol. The molecule has 0 atom stereocenters. The van der Waals surface area contributed by atoms with E-state index in [1.165, 1.54) is 0 Å². The van der Waals surface area contributed by atoms with E-state index in [0.717, 1.165) is 19.0 Å². The largest absolute Gasteiger partial charge is 0.679 e. The fraction of sp³-hybridized carbons (Fsp3) is 0.800. The third-order valence-electron chi connectivity index (χ3n) is 2.00. The summed E-state index contributed by atoms with van der Waals surface area (Å²) in [7, 11) is 2.45. The first-order valence-electron chi connectivity index (χ1n) is 4.68. The van der Waals surface area contributed by atoms with Gasteiger partial charge in [0.05, 0.1) is 0 Å². The molecule has 0 saturated carbocycles. The Labute approximate surface area is 126 Å². The second kappa shape index (κ2) is 19.9. The van der Waals surface area contributed by atoms with Crippen LogP contribution < -0.4 is 0 Å². The smallest absolute Gasteiger partial charge is 0.500 e. The molecule has 18 heavy (non-hydrogen) atoms. The molecule has 0 rings (SSSR count). The van der Waals surface area contributed by atoms with E-state index in [4.69, 9.17) is 19.0 Å². The zero-order valence-corrected chi connectivity index (χ0v) is 14.7. The summed E-state index contributed by atoms with van der Waals surface area (Å²) in [6.45, 7) is 1.73. The van der Waals surface area contributed by atoms with Crippen molar-refractivity contribution >= 4 is 8.80 Å². The average Bonchev–Trinajstić information content (AvgIpc) is 2.24. The minimum absolute atomic E-state index is 0. The van der Waals surface area contributed by atoms with Crippen molar-refractivity contribution in [2.75, 3.05) is 41.0 Å². The Bertz CT molecular complexity index is 135. The van der Waals surface area contributed by atoms with Gasteiger partial charge in [0, 0.05) is 46.9 Å². The molecular formula is C10H28N2O4RhSi-4. The van der Waals surface area contributed by atoms with Gasteiger partial charge in [0.2, 0.25) is 0 Å². The molecule has 1 radical (unpaired) electrons. The van der Waals surface area contributed by atoms with Crippen LogP contribution in [0.3, 0.4) is 0 Å². The van der Waals surface area contributed by atoms with E-state index in [1.807, 2.05) is 0 Å². The Kier molecular flexibility index (Phi) is 34.5. The van der Waals surface area contributed by atoms with E-state index < -0.39 is 8.80 Å². The molecule has 0 spiro atoms. The summed E-state index contributed by atoms with van der Waals surface area (Å²) < 4.78 is 15.8. The van der Waals surface area contributed by atoms with E-state index in [2.05, 4.69) is 5.32 Å². The van der Waals surface area contributed by atoms with Crippen molar-refractivity contribution < 1.29 is 38.2 Å². The molecule has 0 aromatic carbocycles. The van der Waals surface area contributed by atoms with Gasteiger partial charge in [0.1, 0.15) is 0 Å². The fourth-order valence-electron chi connectivity index (χ4n) is 1.15. The molecule has 0 aliphatic heterocycles. The fourth-order valence-corrected chi connectivity index (χ4v) is 2.86. The molecule has 3 N–H and O–H groups in total. The summed E-state index contributed by atoms with van der Waals surface area (Å²) in [6.07, 6.45) is 0.891. The van der Waals surface area contributed by atoms with Crippen molar-refractivity contribution in [2.45, 2.75) is 12.5 Å². The van der Waals surface area contributed by atoms with Crippen LogP contribution in [-0.2, 0) is 32.8 Å². The van der Waals surface area contributed by atoms with Crippen LogP contribution in [0.25, 0.3) is 11.1 Å². The van der Waals surface area contributed by atoms with Gasteiger partial charge in [-0.25, -0.2) is 0 Å². The minimum Gasteiger partial charge on any atom is -0.679 e. The topological polar surface area (TPSA) is 97.1 Å². The Balaban J connectivity index is -0.000000141. The van der Waals surface area contributed by atoms with Gasteiger partial charge in [0.15, 0.2) is 0 Å². The van der Waals surface area contributed by atoms with Gasteiger partial charge >= 0.3 is 8.80 Å².